The first kappa shape index (κ1) is 18.7. The number of anilines is 2. The zero-order chi connectivity index (χ0) is 19.1. The molecular formula is C20H19ClN4O2. The normalized spacial score (nSPS) is 10.3. The minimum Gasteiger partial charge on any atom is -0.495 e. The van der Waals surface area contributed by atoms with Crippen LogP contribution in [-0.2, 0) is 6.42 Å². The smallest absolute Gasteiger partial charge is 0.254 e. The van der Waals surface area contributed by atoms with Crippen LogP contribution in [0.15, 0.2) is 60.9 Å². The third kappa shape index (κ3) is 5.18. The van der Waals surface area contributed by atoms with Crippen LogP contribution in [0.25, 0.3) is 0 Å². The number of nitrogens with one attached hydrogen (secondary N) is 2. The fourth-order valence-electron chi connectivity index (χ4n) is 2.49. The van der Waals surface area contributed by atoms with Crippen molar-refractivity contribution in [1.82, 2.24) is 15.3 Å². The van der Waals surface area contributed by atoms with Crippen molar-refractivity contribution in [2.45, 2.75) is 6.42 Å². The zero-order valence-electron chi connectivity index (χ0n) is 14.8. The van der Waals surface area contributed by atoms with Gasteiger partial charge in [-0.15, -0.1) is 0 Å². The van der Waals surface area contributed by atoms with Gasteiger partial charge in [-0.25, -0.2) is 9.97 Å². The third-order valence-corrected chi connectivity index (χ3v) is 4.09. The molecule has 6 nitrogen and oxygen atoms in total. The lowest BCUT2D eigenvalue weighted by Gasteiger charge is -2.10. The molecule has 1 heterocycles. The second-order valence-corrected chi connectivity index (χ2v) is 6.19. The van der Waals surface area contributed by atoms with Crippen LogP contribution in [0.5, 0.6) is 5.75 Å². The fourth-order valence-corrected chi connectivity index (χ4v) is 2.71. The maximum absolute atomic E-state index is 12.2. The number of aromatic nitrogens is 2. The van der Waals surface area contributed by atoms with Crippen molar-refractivity contribution in [3.05, 3.63) is 77.1 Å². The molecule has 0 aliphatic carbocycles. The molecule has 0 aliphatic heterocycles. The number of nitrogens with zero attached hydrogens (tertiary/aromatic N) is 2. The molecule has 1 amide bonds. The summed E-state index contributed by atoms with van der Waals surface area (Å²) in [6, 6.07) is 15.0. The van der Waals surface area contributed by atoms with Gasteiger partial charge in [0.1, 0.15) is 5.75 Å². The van der Waals surface area contributed by atoms with E-state index in [0.717, 1.165) is 11.3 Å². The predicted octanol–water partition coefficient (Wildman–Crippen LogP) is 3.85. The number of ether oxygens (including phenoxy) is 1. The SMILES string of the molecule is COc1ccccc1Nc1ncc(C(=O)NCCc2cccc(Cl)c2)cn1. The van der Waals surface area contributed by atoms with Crippen molar-refractivity contribution < 1.29 is 9.53 Å². The second kappa shape index (κ2) is 9.00. The molecule has 2 N–H and O–H groups in total. The first-order valence-electron chi connectivity index (χ1n) is 8.40. The highest BCUT2D eigenvalue weighted by atomic mass is 35.5. The van der Waals surface area contributed by atoms with Gasteiger partial charge in [-0.2, -0.15) is 0 Å². The third-order valence-electron chi connectivity index (χ3n) is 3.86. The number of amides is 1. The molecule has 138 valence electrons. The summed E-state index contributed by atoms with van der Waals surface area (Å²) in [6.07, 6.45) is 3.67. The number of halogens is 1. The molecular weight excluding hydrogens is 364 g/mol. The van der Waals surface area contributed by atoms with Crippen LogP contribution in [0.3, 0.4) is 0 Å². The van der Waals surface area contributed by atoms with Crippen LogP contribution in [-0.4, -0.2) is 29.5 Å². The van der Waals surface area contributed by atoms with Crippen molar-refractivity contribution in [1.29, 1.82) is 0 Å². The van der Waals surface area contributed by atoms with Crippen molar-refractivity contribution in [3.8, 4) is 5.75 Å². The highest BCUT2D eigenvalue weighted by molar-refractivity contribution is 6.30. The van der Waals surface area contributed by atoms with Crippen LogP contribution >= 0.6 is 11.6 Å². The van der Waals surface area contributed by atoms with Gasteiger partial charge >= 0.3 is 0 Å². The van der Waals surface area contributed by atoms with Crippen molar-refractivity contribution >= 4 is 29.1 Å². The summed E-state index contributed by atoms with van der Waals surface area (Å²) in [6.45, 7) is 0.500. The summed E-state index contributed by atoms with van der Waals surface area (Å²) in [5.41, 5.74) is 2.21. The lowest BCUT2D eigenvalue weighted by atomic mass is 10.1. The molecule has 1 aromatic heterocycles. The van der Waals surface area contributed by atoms with E-state index in [0.29, 0.717) is 35.2 Å². The molecule has 0 radical (unpaired) electrons. The van der Waals surface area contributed by atoms with E-state index in [1.165, 1.54) is 12.4 Å². The Balaban J connectivity index is 1.55. The Kier molecular flexibility index (Phi) is 6.22. The minimum atomic E-state index is -0.221. The number of methoxy groups -OCH3 is 1. The molecule has 0 fully saturated rings. The van der Waals surface area contributed by atoms with Crippen LogP contribution in [0.4, 0.5) is 11.6 Å². The monoisotopic (exact) mass is 382 g/mol. The van der Waals surface area contributed by atoms with E-state index in [2.05, 4.69) is 20.6 Å². The number of carbonyl (C=O) groups is 1. The summed E-state index contributed by atoms with van der Waals surface area (Å²) in [5, 5.41) is 6.61. The number of rotatable bonds is 7. The zero-order valence-corrected chi connectivity index (χ0v) is 15.5. The number of benzene rings is 2. The Bertz CT molecular complexity index is 916. The quantitative estimate of drug-likeness (QED) is 0.649. The van der Waals surface area contributed by atoms with E-state index >= 15 is 0 Å². The van der Waals surface area contributed by atoms with Gasteiger partial charge in [0.05, 0.1) is 18.4 Å². The highest BCUT2D eigenvalue weighted by Gasteiger charge is 2.08. The maximum atomic E-state index is 12.2. The molecule has 0 saturated heterocycles. The molecule has 2 aromatic carbocycles. The predicted molar refractivity (Wildman–Crippen MR) is 106 cm³/mol. The Morgan fingerprint density at radius 2 is 1.89 bits per heavy atom. The Hall–Kier alpha value is -3.12. The van der Waals surface area contributed by atoms with E-state index in [9.17, 15) is 4.79 Å². The van der Waals surface area contributed by atoms with E-state index in [1.54, 1.807) is 7.11 Å². The average Bonchev–Trinajstić information content (AvgIpc) is 2.69. The standard InChI is InChI=1S/C20H19ClN4O2/c1-27-18-8-3-2-7-17(18)25-20-23-12-15(13-24-20)19(26)22-10-9-14-5-4-6-16(21)11-14/h2-8,11-13H,9-10H2,1H3,(H,22,26)(H,23,24,25). The van der Waals surface area contributed by atoms with Gasteiger partial charge in [0.2, 0.25) is 5.95 Å². The first-order chi connectivity index (χ1) is 13.2. The topological polar surface area (TPSA) is 76.1 Å². The molecule has 7 heteroatoms. The number of para-hydroxylation sites is 2. The van der Waals surface area contributed by atoms with Gasteiger partial charge in [-0.05, 0) is 36.2 Å². The van der Waals surface area contributed by atoms with Crippen LogP contribution in [0.2, 0.25) is 5.02 Å². The minimum absolute atomic E-state index is 0.221. The van der Waals surface area contributed by atoms with Gasteiger partial charge < -0.3 is 15.4 Å². The van der Waals surface area contributed by atoms with Gasteiger partial charge in [0.25, 0.3) is 5.91 Å². The molecule has 0 spiro atoms. The first-order valence-corrected chi connectivity index (χ1v) is 8.78. The lowest BCUT2D eigenvalue weighted by Crippen LogP contribution is -2.26. The molecule has 0 atom stereocenters. The Morgan fingerprint density at radius 3 is 2.63 bits per heavy atom. The summed E-state index contributed by atoms with van der Waals surface area (Å²) in [4.78, 5) is 20.6. The largest absolute Gasteiger partial charge is 0.495 e. The molecule has 0 bridgehead atoms. The lowest BCUT2D eigenvalue weighted by molar-refractivity contribution is 0.0953. The van der Waals surface area contributed by atoms with E-state index in [4.69, 9.17) is 16.3 Å². The summed E-state index contributed by atoms with van der Waals surface area (Å²) < 4.78 is 5.28. The molecule has 0 unspecified atom stereocenters. The molecule has 0 saturated carbocycles. The Labute approximate surface area is 162 Å². The van der Waals surface area contributed by atoms with E-state index in [1.807, 2.05) is 48.5 Å². The van der Waals surface area contributed by atoms with E-state index in [-0.39, 0.29) is 5.91 Å². The van der Waals surface area contributed by atoms with Crippen molar-refractivity contribution in [2.24, 2.45) is 0 Å². The molecule has 0 aliphatic rings. The van der Waals surface area contributed by atoms with Gasteiger partial charge in [0.15, 0.2) is 0 Å². The van der Waals surface area contributed by atoms with E-state index < -0.39 is 0 Å². The molecule has 3 aromatic rings. The number of hydrogen-bond donors (Lipinski definition) is 2. The van der Waals surface area contributed by atoms with Crippen molar-refractivity contribution in [3.63, 3.8) is 0 Å². The maximum Gasteiger partial charge on any atom is 0.254 e. The van der Waals surface area contributed by atoms with Crippen LogP contribution in [0.1, 0.15) is 15.9 Å². The number of carbonyl (C=O) groups excluding carboxylic acids is 1. The van der Waals surface area contributed by atoms with Gasteiger partial charge in [-0.3, -0.25) is 4.79 Å². The summed E-state index contributed by atoms with van der Waals surface area (Å²) in [7, 11) is 1.60. The molecule has 27 heavy (non-hydrogen) atoms. The molecule has 3 rings (SSSR count). The fraction of sp³-hybridized carbons (Fsp3) is 0.150. The summed E-state index contributed by atoms with van der Waals surface area (Å²) in [5.74, 6) is 0.847. The number of hydrogen-bond acceptors (Lipinski definition) is 5. The van der Waals surface area contributed by atoms with Crippen LogP contribution in [0, 0.1) is 0 Å². The van der Waals surface area contributed by atoms with Gasteiger partial charge in [-0.1, -0.05) is 35.9 Å². The second-order valence-electron chi connectivity index (χ2n) is 5.76. The van der Waals surface area contributed by atoms with Gasteiger partial charge in [0, 0.05) is 24.0 Å². The highest BCUT2D eigenvalue weighted by Crippen LogP contribution is 2.25. The van der Waals surface area contributed by atoms with Crippen molar-refractivity contribution in [2.75, 3.05) is 19.0 Å². The summed E-state index contributed by atoms with van der Waals surface area (Å²) >= 11 is 5.96. The Morgan fingerprint density at radius 1 is 1.11 bits per heavy atom. The van der Waals surface area contributed by atoms with Crippen LogP contribution < -0.4 is 15.4 Å². The average molecular weight is 383 g/mol.